The van der Waals surface area contributed by atoms with Gasteiger partial charge in [-0.1, -0.05) is 60.7 Å². The highest BCUT2D eigenvalue weighted by Crippen LogP contribution is 2.42. The molecule has 0 radical (unpaired) electrons. The Morgan fingerprint density at radius 1 is 0.862 bits per heavy atom. The number of nitrogens with zero attached hydrogens (tertiary/aromatic N) is 1. The zero-order valence-electron chi connectivity index (χ0n) is 15.8. The van der Waals surface area contributed by atoms with Gasteiger partial charge in [-0.3, -0.25) is 14.5 Å². The quantitative estimate of drug-likeness (QED) is 0.519. The Labute approximate surface area is 174 Å². The Balaban J connectivity index is 2.02. The van der Waals surface area contributed by atoms with Gasteiger partial charge in [0, 0.05) is 18.3 Å². The molecule has 4 rings (SSSR count). The third kappa shape index (κ3) is 2.98. The van der Waals surface area contributed by atoms with E-state index in [-0.39, 0.29) is 10.9 Å². The molecule has 0 bridgehead atoms. The van der Waals surface area contributed by atoms with E-state index >= 15 is 0 Å². The predicted molar refractivity (Wildman–Crippen MR) is 117 cm³/mol. The van der Waals surface area contributed by atoms with Crippen LogP contribution in [0.3, 0.4) is 0 Å². The van der Waals surface area contributed by atoms with Crippen LogP contribution in [-0.2, 0) is 10.3 Å². The Hall–Kier alpha value is -3.51. The van der Waals surface area contributed by atoms with Crippen molar-refractivity contribution in [2.45, 2.75) is 5.54 Å². The van der Waals surface area contributed by atoms with E-state index < -0.39 is 11.4 Å². The second-order valence-corrected chi connectivity index (χ2v) is 7.05. The summed E-state index contributed by atoms with van der Waals surface area (Å²) >= 11 is 5.32. The number of hydrogen-bond donors (Lipinski definition) is 2. The molecule has 1 aliphatic rings. The third-order valence-corrected chi connectivity index (χ3v) is 5.31. The van der Waals surface area contributed by atoms with Crippen LogP contribution in [-0.4, -0.2) is 23.9 Å². The molecule has 29 heavy (non-hydrogen) atoms. The van der Waals surface area contributed by atoms with Crippen LogP contribution in [0.5, 0.6) is 0 Å². The number of ketones is 1. The topological polar surface area (TPSA) is 61.4 Å². The van der Waals surface area contributed by atoms with Crippen LogP contribution in [0.1, 0.15) is 15.9 Å². The van der Waals surface area contributed by atoms with E-state index in [0.717, 1.165) is 0 Å². The van der Waals surface area contributed by atoms with E-state index in [9.17, 15) is 9.59 Å². The van der Waals surface area contributed by atoms with Crippen LogP contribution in [0, 0.1) is 0 Å². The Bertz CT molecular complexity index is 1090. The lowest BCUT2D eigenvalue weighted by atomic mass is 9.77. The number of anilines is 2. The van der Waals surface area contributed by atoms with Crippen molar-refractivity contribution in [3.05, 3.63) is 96.1 Å². The van der Waals surface area contributed by atoms with Gasteiger partial charge in [0.2, 0.25) is 11.3 Å². The molecule has 5 nitrogen and oxygen atoms in total. The molecule has 1 amide bonds. The summed E-state index contributed by atoms with van der Waals surface area (Å²) in [5, 5.41) is 6.05. The molecule has 1 aliphatic heterocycles. The lowest BCUT2D eigenvalue weighted by Gasteiger charge is -2.42. The van der Waals surface area contributed by atoms with Crippen LogP contribution in [0.4, 0.5) is 11.4 Å². The summed E-state index contributed by atoms with van der Waals surface area (Å²) in [6.45, 7) is 0. The normalized spacial score (nSPS) is 18.2. The summed E-state index contributed by atoms with van der Waals surface area (Å²) in [5.74, 6) is -0.745. The summed E-state index contributed by atoms with van der Waals surface area (Å²) in [7, 11) is 1.65. The zero-order valence-corrected chi connectivity index (χ0v) is 16.6. The number of Topliss-reactive ketones (excluding diaryl/α,β-unsaturated/α-hetero) is 1. The molecule has 0 spiro atoms. The van der Waals surface area contributed by atoms with Crippen molar-refractivity contribution >= 4 is 40.4 Å². The Morgan fingerprint density at radius 2 is 1.45 bits per heavy atom. The first kappa shape index (κ1) is 18.8. The van der Waals surface area contributed by atoms with E-state index in [1.807, 2.05) is 42.5 Å². The maximum Gasteiger partial charge on any atom is 0.270 e. The van der Waals surface area contributed by atoms with E-state index in [1.165, 1.54) is 0 Å². The molecular weight excluding hydrogens is 382 g/mol. The van der Waals surface area contributed by atoms with Crippen molar-refractivity contribution in [2.24, 2.45) is 0 Å². The largest absolute Gasteiger partial charge is 0.366 e. The van der Waals surface area contributed by atoms with Gasteiger partial charge in [-0.2, -0.15) is 0 Å². The average molecular weight is 401 g/mol. The zero-order chi connectivity index (χ0) is 20.4. The lowest BCUT2D eigenvalue weighted by molar-refractivity contribution is -0.122. The van der Waals surface area contributed by atoms with Crippen LogP contribution >= 0.6 is 12.2 Å². The number of amides is 1. The van der Waals surface area contributed by atoms with Gasteiger partial charge in [0.15, 0.2) is 5.11 Å². The van der Waals surface area contributed by atoms with E-state index in [2.05, 4.69) is 10.6 Å². The molecule has 1 unspecified atom stereocenters. The minimum absolute atomic E-state index is 0.211. The van der Waals surface area contributed by atoms with Gasteiger partial charge in [-0.05, 0) is 42.0 Å². The molecule has 2 N–H and O–H groups in total. The van der Waals surface area contributed by atoms with Crippen molar-refractivity contribution in [2.75, 3.05) is 11.9 Å². The number of carbonyl (C=O) groups is 2. The molecule has 6 heteroatoms. The fraction of sp³-hybridized carbons (Fsp3) is 0.0870. The molecule has 0 aliphatic carbocycles. The first-order valence-electron chi connectivity index (χ1n) is 9.18. The van der Waals surface area contributed by atoms with Gasteiger partial charge in [0.05, 0.1) is 5.69 Å². The second-order valence-electron chi connectivity index (χ2n) is 6.64. The minimum atomic E-state index is -1.68. The molecular formula is C23H19N3O2S. The number of rotatable bonds is 3. The van der Waals surface area contributed by atoms with Crippen molar-refractivity contribution in [3.8, 4) is 0 Å². The SMILES string of the molecule is CNC(=S)NC1(c2ccccc2)C(=O)c2ccccc2N(c2ccccc2)C1=O. The third-order valence-electron chi connectivity index (χ3n) is 5.00. The number of nitrogens with one attached hydrogen (secondary N) is 2. The molecule has 0 fully saturated rings. The number of benzene rings is 3. The summed E-state index contributed by atoms with van der Waals surface area (Å²) in [6, 6.07) is 25.4. The van der Waals surface area contributed by atoms with Crippen molar-refractivity contribution in [1.29, 1.82) is 0 Å². The van der Waals surface area contributed by atoms with Gasteiger partial charge >= 0.3 is 0 Å². The van der Waals surface area contributed by atoms with Crippen molar-refractivity contribution in [1.82, 2.24) is 10.6 Å². The fourth-order valence-corrected chi connectivity index (χ4v) is 3.78. The molecule has 1 atom stereocenters. The molecule has 1 heterocycles. The van der Waals surface area contributed by atoms with Crippen molar-refractivity contribution in [3.63, 3.8) is 0 Å². The highest BCUT2D eigenvalue weighted by Gasteiger charge is 2.55. The lowest BCUT2D eigenvalue weighted by Crippen LogP contribution is -2.64. The summed E-state index contributed by atoms with van der Waals surface area (Å²) < 4.78 is 0. The maximum absolute atomic E-state index is 14.0. The van der Waals surface area contributed by atoms with Crippen LogP contribution in [0.25, 0.3) is 0 Å². The molecule has 3 aromatic carbocycles. The highest BCUT2D eigenvalue weighted by atomic mass is 32.1. The summed E-state index contributed by atoms with van der Waals surface area (Å²) in [4.78, 5) is 29.4. The number of carbonyl (C=O) groups excluding carboxylic acids is 2. The minimum Gasteiger partial charge on any atom is -0.366 e. The molecule has 0 saturated heterocycles. The van der Waals surface area contributed by atoms with Crippen LogP contribution in [0.15, 0.2) is 84.9 Å². The second kappa shape index (κ2) is 7.48. The first-order chi connectivity index (χ1) is 14.1. The summed E-state index contributed by atoms with van der Waals surface area (Å²) in [6.07, 6.45) is 0. The van der Waals surface area contributed by atoms with Crippen molar-refractivity contribution < 1.29 is 9.59 Å². The first-order valence-corrected chi connectivity index (χ1v) is 9.59. The van der Waals surface area contributed by atoms with Gasteiger partial charge in [-0.15, -0.1) is 0 Å². The fourth-order valence-electron chi connectivity index (χ4n) is 3.63. The number of fused-ring (bicyclic) bond motifs is 1. The Morgan fingerprint density at radius 3 is 2.10 bits per heavy atom. The van der Waals surface area contributed by atoms with E-state index in [1.54, 1.807) is 54.4 Å². The molecule has 3 aromatic rings. The summed E-state index contributed by atoms with van der Waals surface area (Å²) in [5.41, 5.74) is 0.535. The van der Waals surface area contributed by atoms with Gasteiger partial charge in [0.25, 0.3) is 5.91 Å². The monoisotopic (exact) mass is 401 g/mol. The average Bonchev–Trinajstić information content (AvgIpc) is 2.78. The van der Waals surface area contributed by atoms with Crippen LogP contribution < -0.4 is 15.5 Å². The molecule has 0 aromatic heterocycles. The number of hydrogen-bond acceptors (Lipinski definition) is 3. The Kier molecular flexibility index (Phi) is 4.86. The number of thiocarbonyl (C=S) groups is 1. The van der Waals surface area contributed by atoms with Crippen LogP contribution in [0.2, 0.25) is 0 Å². The molecule has 0 saturated carbocycles. The van der Waals surface area contributed by atoms with Gasteiger partial charge < -0.3 is 10.6 Å². The predicted octanol–water partition coefficient (Wildman–Crippen LogP) is 3.54. The molecule has 144 valence electrons. The van der Waals surface area contributed by atoms with E-state index in [0.29, 0.717) is 22.5 Å². The maximum atomic E-state index is 14.0. The van der Waals surface area contributed by atoms with Gasteiger partial charge in [-0.25, -0.2) is 0 Å². The number of para-hydroxylation sites is 2. The van der Waals surface area contributed by atoms with E-state index in [4.69, 9.17) is 12.2 Å². The smallest absolute Gasteiger partial charge is 0.270 e. The highest BCUT2D eigenvalue weighted by molar-refractivity contribution is 7.80. The van der Waals surface area contributed by atoms with Gasteiger partial charge in [0.1, 0.15) is 0 Å². The standard InChI is InChI=1S/C23H19N3O2S/c1-24-22(29)25-23(16-10-4-2-5-11-16)20(27)18-14-8-9-15-19(18)26(21(23)28)17-12-6-3-7-13-17/h2-15H,1H3,(H2,24,25,29).